The molecule has 0 amide bonds. The summed E-state index contributed by atoms with van der Waals surface area (Å²) in [5.41, 5.74) is 1.52. The Morgan fingerprint density at radius 3 is 2.86 bits per heavy atom. The van der Waals surface area contributed by atoms with E-state index in [0.29, 0.717) is 16.9 Å². The molecule has 2 aromatic heterocycles. The maximum Gasteiger partial charge on any atom is 0.356 e. The second kappa shape index (κ2) is 4.86. The minimum atomic E-state index is -1.14. The molecule has 6 nitrogen and oxygen atoms in total. The lowest BCUT2D eigenvalue weighted by atomic mass is 10.1. The van der Waals surface area contributed by atoms with Crippen molar-refractivity contribution in [1.82, 2.24) is 14.6 Å². The molecular weight excluding hydrogens is 277 g/mol. The average Bonchev–Trinajstić information content (AvgIpc) is 2.92. The molecule has 0 aliphatic heterocycles. The van der Waals surface area contributed by atoms with Crippen molar-refractivity contribution < 1.29 is 19.0 Å². The van der Waals surface area contributed by atoms with Crippen LogP contribution in [0.5, 0.6) is 5.75 Å². The van der Waals surface area contributed by atoms with Crippen LogP contribution in [0.4, 0.5) is 4.39 Å². The van der Waals surface area contributed by atoms with Crippen molar-refractivity contribution in [3.8, 4) is 17.0 Å². The molecule has 1 aromatic carbocycles. The van der Waals surface area contributed by atoms with E-state index in [-0.39, 0.29) is 11.4 Å². The molecule has 0 bridgehead atoms. The smallest absolute Gasteiger partial charge is 0.356 e. The molecule has 0 saturated heterocycles. The summed E-state index contributed by atoms with van der Waals surface area (Å²) < 4.78 is 19.8. The molecule has 106 valence electrons. The van der Waals surface area contributed by atoms with Crippen molar-refractivity contribution in [3.63, 3.8) is 0 Å². The van der Waals surface area contributed by atoms with Gasteiger partial charge in [-0.05, 0) is 24.3 Å². The zero-order chi connectivity index (χ0) is 15.0. The highest BCUT2D eigenvalue weighted by Crippen LogP contribution is 2.26. The van der Waals surface area contributed by atoms with E-state index in [4.69, 9.17) is 9.84 Å². The third-order valence-corrected chi connectivity index (χ3v) is 3.02. The third kappa shape index (κ3) is 2.18. The third-order valence-electron chi connectivity index (χ3n) is 3.02. The number of methoxy groups -OCH3 is 1. The molecule has 2 heterocycles. The van der Waals surface area contributed by atoms with Crippen LogP contribution in [0, 0.1) is 5.82 Å². The lowest BCUT2D eigenvalue weighted by Crippen LogP contribution is -2.00. The molecule has 0 saturated carbocycles. The number of carboxylic acids is 1. The number of rotatable bonds is 3. The first-order chi connectivity index (χ1) is 10.1. The Morgan fingerprint density at radius 2 is 2.14 bits per heavy atom. The molecule has 7 heteroatoms. The maximum atomic E-state index is 13.5. The monoisotopic (exact) mass is 287 g/mol. The van der Waals surface area contributed by atoms with Crippen LogP contribution in [-0.2, 0) is 0 Å². The van der Waals surface area contributed by atoms with Gasteiger partial charge in [0.25, 0.3) is 0 Å². The van der Waals surface area contributed by atoms with Crippen LogP contribution >= 0.6 is 0 Å². The standard InChI is InChI=1S/C14H10FN3O3/c1-21-12-6-8(2-3-9(12)15)11-4-5-16-13-7-10(14(19)20)17-18(11)13/h2-7H,1H3,(H,19,20). The number of hydrogen-bond donors (Lipinski definition) is 1. The van der Waals surface area contributed by atoms with Gasteiger partial charge in [0.05, 0.1) is 12.8 Å². The second-order valence-corrected chi connectivity index (χ2v) is 4.28. The highest BCUT2D eigenvalue weighted by Gasteiger charge is 2.14. The molecule has 0 atom stereocenters. The van der Waals surface area contributed by atoms with E-state index < -0.39 is 11.8 Å². The summed E-state index contributed by atoms with van der Waals surface area (Å²) in [5, 5.41) is 13.0. The lowest BCUT2D eigenvalue weighted by molar-refractivity contribution is 0.0690. The Hall–Kier alpha value is -2.96. The number of aromatic carboxylic acids is 1. The Labute approximate surface area is 118 Å². The predicted octanol–water partition coefficient (Wildman–Crippen LogP) is 2.24. The fourth-order valence-corrected chi connectivity index (χ4v) is 2.04. The normalized spacial score (nSPS) is 10.8. The molecule has 0 aliphatic carbocycles. The van der Waals surface area contributed by atoms with Gasteiger partial charge >= 0.3 is 5.97 Å². The van der Waals surface area contributed by atoms with Gasteiger partial charge in [-0.2, -0.15) is 5.10 Å². The van der Waals surface area contributed by atoms with Crippen molar-refractivity contribution in [2.24, 2.45) is 0 Å². The average molecular weight is 287 g/mol. The van der Waals surface area contributed by atoms with Gasteiger partial charge in [-0.1, -0.05) is 0 Å². The molecule has 3 rings (SSSR count). The highest BCUT2D eigenvalue weighted by atomic mass is 19.1. The van der Waals surface area contributed by atoms with E-state index in [2.05, 4.69) is 10.1 Å². The summed E-state index contributed by atoms with van der Waals surface area (Å²) in [4.78, 5) is 15.1. The van der Waals surface area contributed by atoms with E-state index in [1.807, 2.05) is 0 Å². The predicted molar refractivity (Wildman–Crippen MR) is 71.9 cm³/mol. The van der Waals surface area contributed by atoms with E-state index in [9.17, 15) is 9.18 Å². The number of aromatic nitrogens is 3. The zero-order valence-electron chi connectivity index (χ0n) is 10.9. The summed E-state index contributed by atoms with van der Waals surface area (Å²) in [6, 6.07) is 7.40. The molecule has 0 radical (unpaired) electrons. The van der Waals surface area contributed by atoms with E-state index in [0.717, 1.165) is 0 Å². The van der Waals surface area contributed by atoms with Crippen molar-refractivity contribution >= 4 is 11.6 Å². The Morgan fingerprint density at radius 1 is 1.33 bits per heavy atom. The van der Waals surface area contributed by atoms with Crippen LogP contribution in [0.2, 0.25) is 0 Å². The molecule has 1 N–H and O–H groups in total. The Bertz CT molecular complexity index is 845. The lowest BCUT2D eigenvalue weighted by Gasteiger charge is -2.07. The first-order valence-corrected chi connectivity index (χ1v) is 6.02. The Balaban J connectivity index is 2.22. The topological polar surface area (TPSA) is 76.7 Å². The van der Waals surface area contributed by atoms with Gasteiger partial charge in [-0.25, -0.2) is 18.7 Å². The number of benzene rings is 1. The van der Waals surface area contributed by atoms with Gasteiger partial charge in [-0.3, -0.25) is 0 Å². The number of halogens is 1. The highest BCUT2D eigenvalue weighted by molar-refractivity contribution is 5.87. The molecule has 0 spiro atoms. The number of hydrogen-bond acceptors (Lipinski definition) is 4. The van der Waals surface area contributed by atoms with Gasteiger partial charge in [0.1, 0.15) is 0 Å². The maximum absolute atomic E-state index is 13.5. The van der Waals surface area contributed by atoms with Crippen LogP contribution in [0.1, 0.15) is 10.5 Å². The van der Waals surface area contributed by atoms with Crippen LogP contribution < -0.4 is 4.74 Å². The summed E-state index contributed by atoms with van der Waals surface area (Å²) in [7, 11) is 1.38. The minimum Gasteiger partial charge on any atom is -0.494 e. The van der Waals surface area contributed by atoms with Crippen molar-refractivity contribution in [3.05, 3.63) is 48.0 Å². The molecule has 0 aliphatic rings. The number of fused-ring (bicyclic) bond motifs is 1. The van der Waals surface area contributed by atoms with Gasteiger partial charge in [0, 0.05) is 17.8 Å². The SMILES string of the molecule is COc1cc(-c2ccnc3cc(C(=O)O)nn23)ccc1F. The summed E-state index contributed by atoms with van der Waals surface area (Å²) in [5.74, 6) is -1.51. The van der Waals surface area contributed by atoms with E-state index in [1.165, 1.54) is 36.0 Å². The van der Waals surface area contributed by atoms with Gasteiger partial charge in [-0.15, -0.1) is 0 Å². The van der Waals surface area contributed by atoms with Gasteiger partial charge in [0.15, 0.2) is 22.9 Å². The van der Waals surface area contributed by atoms with Crippen molar-refractivity contribution in [2.75, 3.05) is 7.11 Å². The van der Waals surface area contributed by atoms with Crippen LogP contribution in [-0.4, -0.2) is 32.8 Å². The van der Waals surface area contributed by atoms with E-state index in [1.54, 1.807) is 12.1 Å². The van der Waals surface area contributed by atoms with Gasteiger partial charge in [0.2, 0.25) is 0 Å². The quantitative estimate of drug-likeness (QED) is 0.799. The fraction of sp³-hybridized carbons (Fsp3) is 0.0714. The van der Waals surface area contributed by atoms with Crippen molar-refractivity contribution in [2.45, 2.75) is 0 Å². The summed E-state index contributed by atoms with van der Waals surface area (Å²) in [6.45, 7) is 0. The molecule has 3 aromatic rings. The fourth-order valence-electron chi connectivity index (χ4n) is 2.04. The zero-order valence-corrected chi connectivity index (χ0v) is 10.9. The number of carboxylic acid groups (broad SMARTS) is 1. The molecule has 21 heavy (non-hydrogen) atoms. The molecule has 0 unspecified atom stereocenters. The number of ether oxygens (including phenoxy) is 1. The van der Waals surface area contributed by atoms with E-state index >= 15 is 0 Å². The minimum absolute atomic E-state index is 0.100. The van der Waals surface area contributed by atoms with Gasteiger partial charge < -0.3 is 9.84 Å². The molecular formula is C14H10FN3O3. The first-order valence-electron chi connectivity index (χ1n) is 6.02. The van der Waals surface area contributed by atoms with Crippen LogP contribution in [0.15, 0.2) is 36.5 Å². The summed E-state index contributed by atoms with van der Waals surface area (Å²) >= 11 is 0. The number of nitrogens with zero attached hydrogens (tertiary/aromatic N) is 3. The molecule has 0 fully saturated rings. The number of carbonyl (C=O) groups is 1. The largest absolute Gasteiger partial charge is 0.494 e. The Kier molecular flexibility index (Phi) is 3.02. The van der Waals surface area contributed by atoms with Crippen molar-refractivity contribution in [1.29, 1.82) is 0 Å². The first kappa shape index (κ1) is 13.0. The second-order valence-electron chi connectivity index (χ2n) is 4.28. The van der Waals surface area contributed by atoms with Crippen LogP contribution in [0.3, 0.4) is 0 Å². The van der Waals surface area contributed by atoms with Crippen LogP contribution in [0.25, 0.3) is 16.9 Å². The summed E-state index contributed by atoms with van der Waals surface area (Å²) in [6.07, 6.45) is 1.54.